The van der Waals surface area contributed by atoms with Gasteiger partial charge in [0.15, 0.2) is 0 Å². The van der Waals surface area contributed by atoms with Gasteiger partial charge >= 0.3 is 5.97 Å². The van der Waals surface area contributed by atoms with Crippen molar-refractivity contribution in [1.82, 2.24) is 0 Å². The van der Waals surface area contributed by atoms with Crippen LogP contribution in [0.5, 0.6) is 0 Å². The van der Waals surface area contributed by atoms with Gasteiger partial charge in [0.1, 0.15) is 12.0 Å². The molecule has 1 N–H and O–H groups in total. The molecule has 130 valence electrons. The van der Waals surface area contributed by atoms with Gasteiger partial charge in [0.25, 0.3) is 5.91 Å². The zero-order valence-electron chi connectivity index (χ0n) is 14.1. The van der Waals surface area contributed by atoms with Gasteiger partial charge in [-0.2, -0.15) is 0 Å². The largest absolute Gasteiger partial charge is 0.481 e. The number of ether oxygens (including phenoxy) is 1. The topological polar surface area (TPSA) is 66.8 Å². The monoisotopic (exact) mass is 331 g/mol. The molecule has 1 heterocycles. The molecule has 0 bridgehead atoms. The van der Waals surface area contributed by atoms with Gasteiger partial charge in [-0.3, -0.25) is 9.59 Å². The number of aliphatic carboxylic acids is 1. The molecular weight excluding hydrogens is 306 g/mol. The summed E-state index contributed by atoms with van der Waals surface area (Å²) in [5.41, 5.74) is 1.41. The Morgan fingerprint density at radius 1 is 1.17 bits per heavy atom. The van der Waals surface area contributed by atoms with Crippen LogP contribution in [0, 0.1) is 0 Å². The second-order valence-electron chi connectivity index (χ2n) is 6.79. The van der Waals surface area contributed by atoms with Gasteiger partial charge in [0, 0.05) is 12.2 Å². The van der Waals surface area contributed by atoms with Crippen molar-refractivity contribution in [3.63, 3.8) is 0 Å². The molecule has 2 aliphatic rings. The standard InChI is InChI=1S/C19H25NO4/c1-13(24-14-8-4-2-3-5-9-14)18(21)20-12-16(19(22)23)15-10-6-7-11-17(15)20/h6-7,10-11,13-14,16H,2-5,8-9,12H2,1H3,(H,22,23). The molecule has 5 heteroatoms. The van der Waals surface area contributed by atoms with Gasteiger partial charge in [-0.05, 0) is 31.4 Å². The predicted octanol–water partition coefficient (Wildman–Crippen LogP) is 3.33. The first-order chi connectivity index (χ1) is 11.6. The lowest BCUT2D eigenvalue weighted by atomic mass is 10.0. The summed E-state index contributed by atoms with van der Waals surface area (Å²) in [6.45, 7) is 1.97. The number of hydrogen-bond donors (Lipinski definition) is 1. The Balaban J connectivity index is 1.71. The lowest BCUT2D eigenvalue weighted by molar-refractivity contribution is -0.138. The van der Waals surface area contributed by atoms with E-state index in [4.69, 9.17) is 4.74 Å². The van der Waals surface area contributed by atoms with Crippen molar-refractivity contribution in [3.05, 3.63) is 29.8 Å². The van der Waals surface area contributed by atoms with Gasteiger partial charge in [-0.1, -0.05) is 43.9 Å². The molecular formula is C19H25NO4. The van der Waals surface area contributed by atoms with Crippen molar-refractivity contribution in [1.29, 1.82) is 0 Å². The van der Waals surface area contributed by atoms with E-state index in [-0.39, 0.29) is 18.6 Å². The average Bonchev–Trinajstić information content (AvgIpc) is 2.78. The molecule has 1 aliphatic carbocycles. The van der Waals surface area contributed by atoms with Crippen molar-refractivity contribution >= 4 is 17.6 Å². The van der Waals surface area contributed by atoms with Crippen LogP contribution in [0.4, 0.5) is 5.69 Å². The number of fused-ring (bicyclic) bond motifs is 1. The van der Waals surface area contributed by atoms with Crippen LogP contribution in [0.1, 0.15) is 56.9 Å². The summed E-state index contributed by atoms with van der Waals surface area (Å²) in [7, 11) is 0. The molecule has 1 aromatic carbocycles. The molecule has 1 aromatic rings. The fourth-order valence-electron chi connectivity index (χ4n) is 3.77. The van der Waals surface area contributed by atoms with Crippen molar-refractivity contribution in [2.75, 3.05) is 11.4 Å². The number of hydrogen-bond acceptors (Lipinski definition) is 3. The fraction of sp³-hybridized carbons (Fsp3) is 0.579. The SMILES string of the molecule is CC(OC1CCCCCC1)C(=O)N1CC(C(=O)O)c2ccccc21. The molecule has 0 spiro atoms. The molecule has 3 rings (SSSR count). The van der Waals surface area contributed by atoms with E-state index in [1.807, 2.05) is 18.2 Å². The van der Waals surface area contributed by atoms with Crippen molar-refractivity contribution in [2.45, 2.75) is 63.6 Å². The van der Waals surface area contributed by atoms with Crippen LogP contribution >= 0.6 is 0 Å². The van der Waals surface area contributed by atoms with E-state index in [1.54, 1.807) is 17.9 Å². The lowest BCUT2D eigenvalue weighted by Gasteiger charge is -2.25. The average molecular weight is 331 g/mol. The number of benzene rings is 1. The molecule has 24 heavy (non-hydrogen) atoms. The highest BCUT2D eigenvalue weighted by Gasteiger charge is 2.38. The number of carbonyl (C=O) groups excluding carboxylic acids is 1. The molecule has 5 nitrogen and oxygen atoms in total. The highest BCUT2D eigenvalue weighted by molar-refractivity contribution is 6.01. The van der Waals surface area contributed by atoms with Gasteiger partial charge < -0.3 is 14.7 Å². The maximum atomic E-state index is 12.8. The second-order valence-corrected chi connectivity index (χ2v) is 6.79. The molecule has 2 unspecified atom stereocenters. The summed E-state index contributed by atoms with van der Waals surface area (Å²) < 4.78 is 6.02. The zero-order chi connectivity index (χ0) is 17.1. The Morgan fingerprint density at radius 2 is 1.83 bits per heavy atom. The van der Waals surface area contributed by atoms with Crippen LogP contribution in [0.2, 0.25) is 0 Å². The third-order valence-electron chi connectivity index (χ3n) is 5.08. The fourth-order valence-corrected chi connectivity index (χ4v) is 3.77. The van der Waals surface area contributed by atoms with Gasteiger partial charge in [-0.25, -0.2) is 0 Å². The summed E-state index contributed by atoms with van der Waals surface area (Å²) in [6, 6.07) is 7.25. The van der Waals surface area contributed by atoms with E-state index >= 15 is 0 Å². The summed E-state index contributed by atoms with van der Waals surface area (Å²) in [5.74, 6) is -1.69. The first-order valence-electron chi connectivity index (χ1n) is 8.86. The van der Waals surface area contributed by atoms with Crippen molar-refractivity contribution in [3.8, 4) is 0 Å². The van der Waals surface area contributed by atoms with Gasteiger partial charge in [0.05, 0.1) is 6.10 Å². The van der Waals surface area contributed by atoms with E-state index in [0.717, 1.165) is 25.7 Å². The van der Waals surface area contributed by atoms with Crippen molar-refractivity contribution in [2.24, 2.45) is 0 Å². The smallest absolute Gasteiger partial charge is 0.312 e. The molecule has 0 aromatic heterocycles. The maximum Gasteiger partial charge on any atom is 0.312 e. The Bertz CT molecular complexity index is 607. The maximum absolute atomic E-state index is 12.8. The van der Waals surface area contributed by atoms with Gasteiger partial charge in [-0.15, -0.1) is 0 Å². The van der Waals surface area contributed by atoms with E-state index in [1.165, 1.54) is 12.8 Å². The number of para-hydroxylation sites is 1. The minimum Gasteiger partial charge on any atom is -0.481 e. The molecule has 0 radical (unpaired) electrons. The molecule has 2 atom stereocenters. The number of carbonyl (C=O) groups is 2. The molecule has 1 saturated carbocycles. The Hall–Kier alpha value is -1.88. The van der Waals surface area contributed by atoms with E-state index in [9.17, 15) is 14.7 Å². The van der Waals surface area contributed by atoms with Crippen LogP contribution in [0.15, 0.2) is 24.3 Å². The predicted molar refractivity (Wildman–Crippen MR) is 91.2 cm³/mol. The van der Waals surface area contributed by atoms with Gasteiger partial charge in [0.2, 0.25) is 0 Å². The van der Waals surface area contributed by atoms with Crippen LogP contribution < -0.4 is 4.90 Å². The summed E-state index contributed by atoms with van der Waals surface area (Å²) in [5, 5.41) is 9.42. The number of anilines is 1. The quantitative estimate of drug-likeness (QED) is 0.860. The first kappa shape index (κ1) is 17.0. The number of carboxylic acid groups (broad SMARTS) is 1. The van der Waals surface area contributed by atoms with Crippen LogP contribution in [0.3, 0.4) is 0 Å². The minimum absolute atomic E-state index is 0.138. The van der Waals surface area contributed by atoms with Crippen LogP contribution in [0.25, 0.3) is 0 Å². The number of carboxylic acids is 1. The Morgan fingerprint density at radius 3 is 2.50 bits per heavy atom. The van der Waals surface area contributed by atoms with Crippen molar-refractivity contribution < 1.29 is 19.4 Å². The summed E-state index contributed by atoms with van der Waals surface area (Å²) in [4.78, 5) is 25.9. The Labute approximate surface area is 142 Å². The van der Waals surface area contributed by atoms with E-state index in [2.05, 4.69) is 0 Å². The third-order valence-corrected chi connectivity index (χ3v) is 5.08. The highest BCUT2D eigenvalue weighted by atomic mass is 16.5. The summed E-state index contributed by atoms with van der Waals surface area (Å²) in [6.07, 6.45) is 6.38. The first-order valence-corrected chi connectivity index (χ1v) is 8.86. The third kappa shape index (κ3) is 3.46. The van der Waals surface area contributed by atoms with Crippen LogP contribution in [-0.4, -0.2) is 35.7 Å². The highest BCUT2D eigenvalue weighted by Crippen LogP contribution is 2.37. The van der Waals surface area contributed by atoms with E-state index in [0.29, 0.717) is 11.3 Å². The number of amides is 1. The minimum atomic E-state index is -0.893. The zero-order valence-corrected chi connectivity index (χ0v) is 14.1. The van der Waals surface area contributed by atoms with E-state index < -0.39 is 18.0 Å². The van der Waals surface area contributed by atoms with Crippen LogP contribution in [-0.2, 0) is 14.3 Å². The summed E-state index contributed by atoms with van der Waals surface area (Å²) >= 11 is 0. The molecule has 0 saturated heterocycles. The molecule has 1 fully saturated rings. The number of nitrogens with zero attached hydrogens (tertiary/aromatic N) is 1. The Kier molecular flexibility index (Phi) is 5.19. The number of rotatable bonds is 4. The normalized spacial score (nSPS) is 22.7. The lowest BCUT2D eigenvalue weighted by Crippen LogP contribution is -2.40. The molecule has 1 amide bonds. The second kappa shape index (κ2) is 7.34. The molecule has 1 aliphatic heterocycles.